The molecule has 0 saturated heterocycles. The molecule has 0 fully saturated rings. The van der Waals surface area contributed by atoms with Crippen LogP contribution in [0.25, 0.3) is 0 Å². The van der Waals surface area contributed by atoms with Crippen LogP contribution in [0.1, 0.15) is 32.1 Å². The van der Waals surface area contributed by atoms with E-state index in [1.54, 1.807) is 18.0 Å². The number of carbonyl (C=O) groups excluding carboxylic acids is 1. The number of nitrogens with one attached hydrogen (secondary N) is 1. The van der Waals surface area contributed by atoms with Crippen molar-refractivity contribution in [3.63, 3.8) is 0 Å². The molecule has 0 bridgehead atoms. The van der Waals surface area contributed by atoms with Gasteiger partial charge in [-0.15, -0.1) is 0 Å². The molecule has 5 nitrogen and oxygen atoms in total. The summed E-state index contributed by atoms with van der Waals surface area (Å²) in [6.07, 6.45) is 8.30. The molecule has 6 heteroatoms. The number of nitrogens with two attached hydrogens (primary N) is 1. The van der Waals surface area contributed by atoms with Gasteiger partial charge >= 0.3 is 0 Å². The highest BCUT2D eigenvalue weighted by Gasteiger charge is 2.09. The van der Waals surface area contributed by atoms with Gasteiger partial charge in [-0.1, -0.05) is 25.0 Å². The van der Waals surface area contributed by atoms with Crippen LogP contribution in [0.2, 0.25) is 0 Å². The molecule has 0 unspecified atom stereocenters. The summed E-state index contributed by atoms with van der Waals surface area (Å²) < 4.78 is 1.96. The lowest BCUT2D eigenvalue weighted by molar-refractivity contribution is -0.116. The van der Waals surface area contributed by atoms with E-state index in [-0.39, 0.29) is 5.91 Å². The molecule has 23 heavy (non-hydrogen) atoms. The first-order chi connectivity index (χ1) is 11.2. The smallest absolute Gasteiger partial charge is 0.224 e. The van der Waals surface area contributed by atoms with Crippen molar-refractivity contribution >= 4 is 23.4 Å². The molecule has 0 aliphatic rings. The summed E-state index contributed by atoms with van der Waals surface area (Å²) in [6.45, 7) is 0.726. The molecule has 0 spiro atoms. The third-order valence-corrected chi connectivity index (χ3v) is 4.65. The van der Waals surface area contributed by atoms with E-state index < -0.39 is 0 Å². The summed E-state index contributed by atoms with van der Waals surface area (Å²) in [7, 11) is 1.96. The van der Waals surface area contributed by atoms with Gasteiger partial charge in [0, 0.05) is 30.8 Å². The maximum atomic E-state index is 12.1. The molecule has 0 saturated carbocycles. The second kappa shape index (κ2) is 9.37. The van der Waals surface area contributed by atoms with Gasteiger partial charge in [-0.3, -0.25) is 4.79 Å². The average molecular weight is 332 g/mol. The van der Waals surface area contributed by atoms with E-state index >= 15 is 0 Å². The monoisotopic (exact) mass is 332 g/mol. The largest absolute Gasteiger partial charge is 0.330 e. The molecule has 2 rings (SSSR count). The van der Waals surface area contributed by atoms with Crippen LogP contribution in [-0.2, 0) is 11.8 Å². The Morgan fingerprint density at radius 2 is 2.04 bits per heavy atom. The quantitative estimate of drug-likeness (QED) is 0.690. The molecule has 1 amide bonds. The number of aryl methyl sites for hydroxylation is 1. The van der Waals surface area contributed by atoms with Crippen molar-refractivity contribution in [1.82, 2.24) is 9.55 Å². The Kier molecular flexibility index (Phi) is 7.16. The van der Waals surface area contributed by atoms with Crippen LogP contribution >= 0.6 is 11.8 Å². The number of amides is 1. The van der Waals surface area contributed by atoms with Gasteiger partial charge in [-0.2, -0.15) is 0 Å². The highest BCUT2D eigenvalue weighted by molar-refractivity contribution is 7.99. The van der Waals surface area contributed by atoms with Gasteiger partial charge in [0.15, 0.2) is 5.16 Å². The van der Waals surface area contributed by atoms with Gasteiger partial charge in [0.05, 0.1) is 5.69 Å². The number of anilines is 1. The van der Waals surface area contributed by atoms with Crippen LogP contribution in [0.15, 0.2) is 46.7 Å². The number of nitrogens with zero attached hydrogens (tertiary/aromatic N) is 2. The second-order valence-corrected chi connectivity index (χ2v) is 6.43. The fourth-order valence-corrected chi connectivity index (χ4v) is 3.09. The van der Waals surface area contributed by atoms with Crippen LogP contribution < -0.4 is 11.1 Å². The predicted molar refractivity (Wildman–Crippen MR) is 94.5 cm³/mol. The van der Waals surface area contributed by atoms with Gasteiger partial charge in [0.25, 0.3) is 0 Å². The number of carbonyl (C=O) groups is 1. The van der Waals surface area contributed by atoms with Crippen LogP contribution in [0.3, 0.4) is 0 Å². The molecule has 0 aliphatic heterocycles. The molecule has 0 aliphatic carbocycles. The number of hydrogen-bond donors (Lipinski definition) is 2. The Bertz CT molecular complexity index is 627. The lowest BCUT2D eigenvalue weighted by Crippen LogP contribution is -2.11. The summed E-state index contributed by atoms with van der Waals surface area (Å²) in [5, 5.41) is 3.91. The van der Waals surface area contributed by atoms with Crippen molar-refractivity contribution < 1.29 is 4.79 Å². The van der Waals surface area contributed by atoms with Crippen molar-refractivity contribution in [1.29, 1.82) is 0 Å². The van der Waals surface area contributed by atoms with Crippen LogP contribution in [0, 0.1) is 0 Å². The molecule has 1 aromatic heterocycles. The van der Waals surface area contributed by atoms with E-state index in [9.17, 15) is 4.79 Å². The van der Waals surface area contributed by atoms with Gasteiger partial charge in [-0.05, 0) is 43.3 Å². The summed E-state index contributed by atoms with van der Waals surface area (Å²) in [4.78, 5) is 17.4. The van der Waals surface area contributed by atoms with Crippen molar-refractivity contribution in [2.45, 2.75) is 42.2 Å². The lowest BCUT2D eigenvalue weighted by atomic mass is 10.1. The van der Waals surface area contributed by atoms with Crippen molar-refractivity contribution in [3.05, 3.63) is 36.7 Å². The number of benzene rings is 1. The number of para-hydroxylation sites is 1. The van der Waals surface area contributed by atoms with Gasteiger partial charge < -0.3 is 15.6 Å². The van der Waals surface area contributed by atoms with Gasteiger partial charge in [-0.25, -0.2) is 4.98 Å². The van der Waals surface area contributed by atoms with Crippen molar-refractivity contribution in [2.24, 2.45) is 12.8 Å². The average Bonchev–Trinajstić information content (AvgIpc) is 2.94. The Morgan fingerprint density at radius 3 is 2.78 bits per heavy atom. The Balaban J connectivity index is 1.90. The predicted octanol–water partition coefficient (Wildman–Crippen LogP) is 3.42. The summed E-state index contributed by atoms with van der Waals surface area (Å²) in [5.41, 5.74) is 6.31. The second-order valence-electron chi connectivity index (χ2n) is 5.42. The standard InChI is InChI=1S/C17H24N4OS/c1-21-13-12-19-17(21)23-15-9-6-5-8-14(15)20-16(22)10-4-2-3-7-11-18/h5-6,8-9,12-13H,2-4,7,10-11,18H2,1H3,(H,20,22). The maximum Gasteiger partial charge on any atom is 0.224 e. The van der Waals surface area contributed by atoms with E-state index in [1.807, 2.05) is 42.1 Å². The Labute approximate surface area is 141 Å². The van der Waals surface area contributed by atoms with Crippen LogP contribution in [-0.4, -0.2) is 22.0 Å². The minimum absolute atomic E-state index is 0.0608. The minimum atomic E-state index is 0.0608. The first-order valence-electron chi connectivity index (χ1n) is 7.95. The SMILES string of the molecule is Cn1ccnc1Sc1ccccc1NC(=O)CCCCCCN. The normalized spacial score (nSPS) is 10.7. The number of aromatic nitrogens is 2. The fraction of sp³-hybridized carbons (Fsp3) is 0.412. The first-order valence-corrected chi connectivity index (χ1v) is 8.76. The number of rotatable bonds is 9. The lowest BCUT2D eigenvalue weighted by Gasteiger charge is -2.10. The van der Waals surface area contributed by atoms with Crippen LogP contribution in [0.4, 0.5) is 5.69 Å². The van der Waals surface area contributed by atoms with E-state index in [0.717, 1.165) is 48.0 Å². The number of imidazole rings is 1. The molecule has 3 N–H and O–H groups in total. The van der Waals surface area contributed by atoms with Gasteiger partial charge in [0.2, 0.25) is 5.91 Å². The van der Waals surface area contributed by atoms with Crippen molar-refractivity contribution in [2.75, 3.05) is 11.9 Å². The molecule has 0 atom stereocenters. The number of unbranched alkanes of at least 4 members (excludes halogenated alkanes) is 3. The molecule has 2 aromatic rings. The van der Waals surface area contributed by atoms with E-state index in [0.29, 0.717) is 6.42 Å². The highest BCUT2D eigenvalue weighted by Crippen LogP contribution is 2.32. The molecule has 1 heterocycles. The molecular formula is C17H24N4OS. The summed E-state index contributed by atoms with van der Waals surface area (Å²) in [5.74, 6) is 0.0608. The third kappa shape index (κ3) is 5.73. The highest BCUT2D eigenvalue weighted by atomic mass is 32.2. The van der Waals surface area contributed by atoms with E-state index in [4.69, 9.17) is 5.73 Å². The summed E-state index contributed by atoms with van der Waals surface area (Å²) in [6, 6.07) is 7.82. The molecule has 1 aromatic carbocycles. The zero-order valence-corrected chi connectivity index (χ0v) is 14.3. The van der Waals surface area contributed by atoms with E-state index in [1.165, 1.54) is 0 Å². The minimum Gasteiger partial charge on any atom is -0.330 e. The first kappa shape index (κ1) is 17.6. The molecular weight excluding hydrogens is 308 g/mol. The van der Waals surface area contributed by atoms with E-state index in [2.05, 4.69) is 10.3 Å². The zero-order chi connectivity index (χ0) is 16.5. The number of hydrogen-bond acceptors (Lipinski definition) is 4. The fourth-order valence-electron chi connectivity index (χ4n) is 2.20. The van der Waals surface area contributed by atoms with Crippen molar-refractivity contribution in [3.8, 4) is 0 Å². The summed E-state index contributed by atoms with van der Waals surface area (Å²) >= 11 is 1.55. The van der Waals surface area contributed by atoms with Gasteiger partial charge in [0.1, 0.15) is 0 Å². The third-order valence-electron chi connectivity index (χ3n) is 3.50. The molecule has 0 radical (unpaired) electrons. The Hall–Kier alpha value is -1.79. The zero-order valence-electron chi connectivity index (χ0n) is 13.5. The topological polar surface area (TPSA) is 72.9 Å². The molecule has 124 valence electrons. The van der Waals surface area contributed by atoms with Crippen LogP contribution in [0.5, 0.6) is 0 Å². The Morgan fingerprint density at radius 1 is 1.26 bits per heavy atom. The maximum absolute atomic E-state index is 12.1.